The zero-order chi connectivity index (χ0) is 19.0. The van der Waals surface area contributed by atoms with Crippen LogP contribution in [0.4, 0.5) is 0 Å². The van der Waals surface area contributed by atoms with Crippen molar-refractivity contribution in [1.29, 1.82) is 0 Å². The summed E-state index contributed by atoms with van der Waals surface area (Å²) in [5.74, 6) is 0. The second-order valence-electron chi connectivity index (χ2n) is 6.06. The van der Waals surface area contributed by atoms with E-state index < -0.39 is 19.3 Å². The van der Waals surface area contributed by atoms with Crippen LogP contribution in [0, 0.1) is 0 Å². The third kappa shape index (κ3) is 16.5. The summed E-state index contributed by atoms with van der Waals surface area (Å²) in [6.45, 7) is 2.28. The van der Waals surface area contributed by atoms with Crippen molar-refractivity contribution in [2.24, 2.45) is 0 Å². The van der Waals surface area contributed by atoms with Crippen molar-refractivity contribution >= 4 is 19.3 Å². The fourth-order valence-electron chi connectivity index (χ4n) is 2.46. The molecule has 1 unspecified atom stereocenters. The van der Waals surface area contributed by atoms with Gasteiger partial charge in [0.15, 0.2) is 0 Å². The average Bonchev–Trinajstić information content (AvgIpc) is 2.57. The van der Waals surface area contributed by atoms with E-state index in [1.807, 2.05) is 0 Å². The van der Waals surface area contributed by atoms with Crippen LogP contribution in [-0.2, 0) is 25.7 Å². The van der Waals surface area contributed by atoms with Gasteiger partial charge in [0.2, 0.25) is 0 Å². The molecule has 0 saturated heterocycles. The highest BCUT2D eigenvalue weighted by atomic mass is 33.2. The third-order valence-corrected chi connectivity index (χ3v) is 5.28. The third-order valence-electron chi connectivity index (χ3n) is 3.84. The van der Waals surface area contributed by atoms with Crippen molar-refractivity contribution in [2.45, 2.75) is 77.6 Å². The molecule has 0 bridgehead atoms. The second kappa shape index (κ2) is 15.5. The van der Waals surface area contributed by atoms with E-state index in [2.05, 4.69) is 37.3 Å². The van der Waals surface area contributed by atoms with Crippen LogP contribution < -0.4 is 0 Å². The predicted molar refractivity (Wildman–Crippen MR) is 104 cm³/mol. The number of rotatable bonds is 12. The molecule has 7 heteroatoms. The number of hydrogen-bond donors (Lipinski definition) is 2. The molecule has 1 aromatic carbocycles. The number of unbranched alkanes of at least 4 members (excludes halogenated alkanes) is 9. The Hall–Kier alpha value is -0.760. The van der Waals surface area contributed by atoms with Crippen molar-refractivity contribution in [2.75, 3.05) is 0 Å². The minimum Gasteiger partial charge on any atom is -0.292 e. The number of aryl methyl sites for hydroxylation is 1. The maximum Gasteiger partial charge on any atom is 0.373 e. The molecule has 0 aliphatic heterocycles. The van der Waals surface area contributed by atoms with Gasteiger partial charge in [0.05, 0.1) is 0 Å². The fraction of sp³-hybridized carbons (Fsp3) is 0.667. The maximum atomic E-state index is 9.34. The Labute approximate surface area is 154 Å². The molecule has 1 atom stereocenters. The molecule has 0 aromatic heterocycles. The Morgan fingerprint density at radius 2 is 1.24 bits per heavy atom. The topological polar surface area (TPSA) is 91.7 Å². The Morgan fingerprint density at radius 1 is 0.840 bits per heavy atom. The average molecular weight is 393 g/mol. The minimum absolute atomic E-state index is 1.26. The van der Waals surface area contributed by atoms with Gasteiger partial charge in [-0.05, 0) is 18.4 Å². The molecule has 1 rings (SSSR count). The Morgan fingerprint density at radius 3 is 1.64 bits per heavy atom. The summed E-state index contributed by atoms with van der Waals surface area (Å²) in [4.78, 5) is 0. The highest BCUT2D eigenvalue weighted by Crippen LogP contribution is 2.12. The zero-order valence-electron chi connectivity index (χ0n) is 15.1. The van der Waals surface area contributed by atoms with Gasteiger partial charge in [-0.3, -0.25) is 9.11 Å². The van der Waals surface area contributed by atoms with E-state index in [1.54, 1.807) is 0 Å². The monoisotopic (exact) mass is 392 g/mol. The molecule has 0 amide bonds. The summed E-state index contributed by atoms with van der Waals surface area (Å²) in [6, 6.07) is 10.9. The molecule has 0 saturated carbocycles. The number of benzene rings is 1. The van der Waals surface area contributed by atoms with Crippen LogP contribution in [0.15, 0.2) is 30.3 Å². The van der Waals surface area contributed by atoms with Gasteiger partial charge in [-0.25, -0.2) is 4.21 Å². The van der Waals surface area contributed by atoms with Crippen LogP contribution in [0.3, 0.4) is 0 Å². The predicted octanol–water partition coefficient (Wildman–Crippen LogP) is 5.16. The van der Waals surface area contributed by atoms with Crippen molar-refractivity contribution in [3.05, 3.63) is 35.9 Å². The smallest absolute Gasteiger partial charge is 0.292 e. The second-order valence-corrected chi connectivity index (χ2v) is 9.47. The van der Waals surface area contributed by atoms with E-state index in [1.165, 1.54) is 76.2 Å². The largest absolute Gasteiger partial charge is 0.373 e. The quantitative estimate of drug-likeness (QED) is 0.222. The van der Waals surface area contributed by atoms with Crippen molar-refractivity contribution in [3.8, 4) is 0 Å². The Balaban J connectivity index is 0.000000697. The van der Waals surface area contributed by atoms with Gasteiger partial charge in [0.1, 0.15) is 0 Å². The fourth-order valence-corrected chi connectivity index (χ4v) is 2.46. The first-order valence-corrected chi connectivity index (χ1v) is 12.1. The Bertz CT molecular complexity index is 544. The summed E-state index contributed by atoms with van der Waals surface area (Å²) in [7, 11) is -7.87. The van der Waals surface area contributed by atoms with E-state index in [9.17, 15) is 12.6 Å². The molecule has 0 aliphatic rings. The molecule has 5 nitrogen and oxygen atoms in total. The van der Waals surface area contributed by atoms with Gasteiger partial charge in [-0.2, -0.15) is 8.42 Å². The van der Waals surface area contributed by atoms with Gasteiger partial charge in [0.25, 0.3) is 0 Å². The van der Waals surface area contributed by atoms with E-state index in [0.29, 0.717) is 0 Å². The normalized spacial score (nSPS) is 12.3. The van der Waals surface area contributed by atoms with E-state index in [0.717, 1.165) is 0 Å². The summed E-state index contributed by atoms with van der Waals surface area (Å²) in [6.07, 6.45) is 15.5. The summed E-state index contributed by atoms with van der Waals surface area (Å²) < 4.78 is 43.0. The van der Waals surface area contributed by atoms with Gasteiger partial charge in [-0.1, -0.05) is 95.0 Å². The van der Waals surface area contributed by atoms with E-state index in [-0.39, 0.29) is 0 Å². The van der Waals surface area contributed by atoms with Crippen LogP contribution in [0.1, 0.15) is 76.7 Å². The molecule has 2 N–H and O–H groups in total. The van der Waals surface area contributed by atoms with Gasteiger partial charge in [0, 0.05) is 0 Å². The van der Waals surface area contributed by atoms with Crippen LogP contribution in [0.25, 0.3) is 0 Å². The molecule has 0 radical (unpaired) electrons. The van der Waals surface area contributed by atoms with Crippen molar-refractivity contribution in [3.63, 3.8) is 0 Å². The molecule has 0 aliphatic carbocycles. The van der Waals surface area contributed by atoms with Crippen LogP contribution in [0.2, 0.25) is 0 Å². The summed E-state index contributed by atoms with van der Waals surface area (Å²) in [5.41, 5.74) is 1.50. The first-order valence-electron chi connectivity index (χ1n) is 9.00. The van der Waals surface area contributed by atoms with Gasteiger partial charge < -0.3 is 0 Å². The lowest BCUT2D eigenvalue weighted by molar-refractivity contribution is 0.488. The molecule has 1 aromatic rings. The van der Waals surface area contributed by atoms with Gasteiger partial charge >= 0.3 is 19.3 Å². The highest BCUT2D eigenvalue weighted by Gasteiger charge is 2.10. The lowest BCUT2D eigenvalue weighted by Crippen LogP contribution is -2.03. The molecule has 146 valence electrons. The molecule has 0 fully saturated rings. The molecule has 25 heavy (non-hydrogen) atoms. The molecular formula is C18H32O5S2. The highest BCUT2D eigenvalue weighted by molar-refractivity contribution is 8.59. The first-order chi connectivity index (χ1) is 11.9. The number of hydrogen-bond acceptors (Lipinski definition) is 3. The first kappa shape index (κ1) is 24.2. The molecular weight excluding hydrogens is 360 g/mol. The molecule has 0 heterocycles. The summed E-state index contributed by atoms with van der Waals surface area (Å²) in [5, 5.41) is 0. The molecule has 0 spiro atoms. The van der Waals surface area contributed by atoms with Crippen molar-refractivity contribution in [1.82, 2.24) is 0 Å². The maximum absolute atomic E-state index is 9.34. The van der Waals surface area contributed by atoms with Crippen LogP contribution in [-0.4, -0.2) is 21.7 Å². The Kier molecular flexibility index (Phi) is 15.0. The standard InChI is InChI=1S/C18H30.H2O5S2/c1-2-3-4-5-6-7-8-9-10-12-15-18-16-13-11-14-17-18;1-6(2)7(3,4)5/h11,13-14,16-17H,2-10,12,15H2,1H3;(H,1,2)(H,3,4,5). The zero-order valence-corrected chi connectivity index (χ0v) is 16.7. The van der Waals surface area contributed by atoms with Gasteiger partial charge in [-0.15, -0.1) is 0 Å². The lowest BCUT2D eigenvalue weighted by Gasteiger charge is -2.03. The minimum atomic E-state index is -4.71. The SMILES string of the molecule is CCCCCCCCCCCCc1ccccc1.O=S(O)S(=O)(=O)O. The van der Waals surface area contributed by atoms with E-state index >= 15 is 0 Å². The summed E-state index contributed by atoms with van der Waals surface area (Å²) >= 11 is 0. The van der Waals surface area contributed by atoms with Crippen LogP contribution >= 0.6 is 0 Å². The van der Waals surface area contributed by atoms with E-state index in [4.69, 9.17) is 9.11 Å². The lowest BCUT2D eigenvalue weighted by atomic mass is 10.0. The van der Waals surface area contributed by atoms with Crippen LogP contribution in [0.5, 0.6) is 0 Å². The van der Waals surface area contributed by atoms with Crippen molar-refractivity contribution < 1.29 is 21.7 Å².